The van der Waals surface area contributed by atoms with Crippen LogP contribution in [-0.2, 0) is 4.74 Å². The van der Waals surface area contributed by atoms with E-state index < -0.39 is 0 Å². The number of ether oxygens (including phenoxy) is 3. The van der Waals surface area contributed by atoms with Gasteiger partial charge in [-0.2, -0.15) is 0 Å². The Morgan fingerprint density at radius 3 is 2.73 bits per heavy atom. The fourth-order valence-corrected chi connectivity index (χ4v) is 3.65. The van der Waals surface area contributed by atoms with Gasteiger partial charge in [0.2, 0.25) is 0 Å². The molecule has 0 aromatic heterocycles. The van der Waals surface area contributed by atoms with Crippen molar-refractivity contribution in [1.82, 2.24) is 4.90 Å². The number of piperidine rings is 1. The van der Waals surface area contributed by atoms with E-state index in [1.807, 2.05) is 45.2 Å². The average Bonchev–Trinajstić information content (AvgIpc) is 2.62. The summed E-state index contributed by atoms with van der Waals surface area (Å²) in [6, 6.07) is 7.93. The monoisotopic (exact) mass is 363 g/mol. The summed E-state index contributed by atoms with van der Waals surface area (Å²) < 4.78 is 17.5. The first-order valence-electron chi connectivity index (χ1n) is 10.3. The van der Waals surface area contributed by atoms with Gasteiger partial charge in [0.15, 0.2) is 0 Å². The molecule has 0 amide bonds. The molecule has 0 N–H and O–H groups in total. The van der Waals surface area contributed by atoms with E-state index in [2.05, 4.69) is 11.8 Å². The lowest BCUT2D eigenvalue weighted by Crippen LogP contribution is -2.45. The van der Waals surface area contributed by atoms with Gasteiger partial charge in [-0.15, -0.1) is 0 Å². The number of hydrogen-bond acceptors (Lipinski definition) is 4. The summed E-state index contributed by atoms with van der Waals surface area (Å²) in [7, 11) is 1.85. The number of nitrogens with zero attached hydrogens (tertiary/aromatic N) is 1. The van der Waals surface area contributed by atoms with E-state index in [1.54, 1.807) is 0 Å². The molecule has 26 heavy (non-hydrogen) atoms. The SMILES string of the molecule is CCCCCN1CC[C@H](CCOc2cccc(OC(C)C)c2)[C@H](OC)C1. The highest BCUT2D eigenvalue weighted by Gasteiger charge is 2.28. The third-order valence-corrected chi connectivity index (χ3v) is 5.10. The third-order valence-electron chi connectivity index (χ3n) is 5.10. The molecule has 0 saturated carbocycles. The highest BCUT2D eigenvalue weighted by atomic mass is 16.5. The lowest BCUT2D eigenvalue weighted by atomic mass is 9.91. The molecule has 1 aromatic carbocycles. The summed E-state index contributed by atoms with van der Waals surface area (Å²) in [6.45, 7) is 10.5. The molecule has 0 aliphatic carbocycles. The van der Waals surface area contributed by atoms with Gasteiger partial charge in [-0.1, -0.05) is 25.8 Å². The van der Waals surface area contributed by atoms with Gasteiger partial charge in [0.25, 0.3) is 0 Å². The number of hydrogen-bond donors (Lipinski definition) is 0. The predicted molar refractivity (Wildman–Crippen MR) is 107 cm³/mol. The topological polar surface area (TPSA) is 30.9 Å². The molecule has 148 valence electrons. The van der Waals surface area contributed by atoms with Crippen molar-refractivity contribution in [2.75, 3.05) is 33.4 Å². The van der Waals surface area contributed by atoms with Crippen LogP contribution >= 0.6 is 0 Å². The fourth-order valence-electron chi connectivity index (χ4n) is 3.65. The van der Waals surface area contributed by atoms with Gasteiger partial charge in [-0.25, -0.2) is 0 Å². The molecule has 2 rings (SSSR count). The Hall–Kier alpha value is -1.26. The van der Waals surface area contributed by atoms with Crippen LogP contribution in [0.1, 0.15) is 52.9 Å². The van der Waals surface area contributed by atoms with E-state index >= 15 is 0 Å². The van der Waals surface area contributed by atoms with Crippen molar-refractivity contribution in [1.29, 1.82) is 0 Å². The van der Waals surface area contributed by atoms with Crippen molar-refractivity contribution in [3.05, 3.63) is 24.3 Å². The van der Waals surface area contributed by atoms with E-state index in [1.165, 1.54) is 38.8 Å². The Kier molecular flexibility index (Phi) is 9.27. The first-order valence-corrected chi connectivity index (χ1v) is 10.3. The van der Waals surface area contributed by atoms with Crippen LogP contribution in [0.5, 0.6) is 11.5 Å². The quantitative estimate of drug-likeness (QED) is 0.530. The van der Waals surface area contributed by atoms with Crippen LogP contribution < -0.4 is 9.47 Å². The highest BCUT2D eigenvalue weighted by Crippen LogP contribution is 2.25. The number of unbranched alkanes of at least 4 members (excludes halogenated alkanes) is 2. The largest absolute Gasteiger partial charge is 0.493 e. The smallest absolute Gasteiger partial charge is 0.123 e. The van der Waals surface area contributed by atoms with E-state index in [0.717, 1.165) is 31.1 Å². The van der Waals surface area contributed by atoms with Gasteiger partial charge < -0.3 is 19.1 Å². The minimum absolute atomic E-state index is 0.176. The van der Waals surface area contributed by atoms with Gasteiger partial charge in [0.05, 0.1) is 18.8 Å². The van der Waals surface area contributed by atoms with Crippen molar-refractivity contribution in [3.8, 4) is 11.5 Å². The molecule has 1 aliphatic rings. The van der Waals surface area contributed by atoms with Crippen LogP contribution in [0, 0.1) is 5.92 Å². The average molecular weight is 364 g/mol. The van der Waals surface area contributed by atoms with Crippen molar-refractivity contribution < 1.29 is 14.2 Å². The van der Waals surface area contributed by atoms with E-state index in [-0.39, 0.29) is 6.10 Å². The van der Waals surface area contributed by atoms with Crippen molar-refractivity contribution >= 4 is 0 Å². The molecule has 0 unspecified atom stereocenters. The normalized spacial score (nSPS) is 21.1. The molecule has 0 spiro atoms. The van der Waals surface area contributed by atoms with E-state index in [0.29, 0.717) is 12.0 Å². The van der Waals surface area contributed by atoms with Crippen molar-refractivity contribution in [3.63, 3.8) is 0 Å². The van der Waals surface area contributed by atoms with Crippen molar-refractivity contribution in [2.45, 2.75) is 65.1 Å². The molecule has 1 saturated heterocycles. The minimum Gasteiger partial charge on any atom is -0.493 e. The predicted octanol–water partition coefficient (Wildman–Crippen LogP) is 4.77. The van der Waals surface area contributed by atoms with Gasteiger partial charge in [-0.3, -0.25) is 0 Å². The van der Waals surface area contributed by atoms with Crippen LogP contribution in [0.4, 0.5) is 0 Å². The van der Waals surface area contributed by atoms with Crippen LogP contribution in [0.2, 0.25) is 0 Å². The van der Waals surface area contributed by atoms with Gasteiger partial charge >= 0.3 is 0 Å². The number of likely N-dealkylation sites (tertiary alicyclic amines) is 1. The van der Waals surface area contributed by atoms with Gasteiger partial charge in [0, 0.05) is 19.7 Å². The summed E-state index contributed by atoms with van der Waals surface area (Å²) in [6.07, 6.45) is 6.65. The number of methoxy groups -OCH3 is 1. The van der Waals surface area contributed by atoms with E-state index in [4.69, 9.17) is 14.2 Å². The van der Waals surface area contributed by atoms with Crippen LogP contribution in [0.3, 0.4) is 0 Å². The van der Waals surface area contributed by atoms with Crippen LogP contribution in [0.15, 0.2) is 24.3 Å². The third kappa shape index (κ3) is 7.16. The second-order valence-electron chi connectivity index (χ2n) is 7.61. The maximum atomic E-state index is 5.98. The second-order valence-corrected chi connectivity index (χ2v) is 7.61. The lowest BCUT2D eigenvalue weighted by molar-refractivity contribution is -0.0180. The molecule has 1 fully saturated rings. The van der Waals surface area contributed by atoms with Crippen molar-refractivity contribution in [2.24, 2.45) is 5.92 Å². The molecule has 1 aliphatic heterocycles. The Balaban J connectivity index is 1.75. The zero-order chi connectivity index (χ0) is 18.8. The second kappa shape index (κ2) is 11.5. The van der Waals surface area contributed by atoms with Gasteiger partial charge in [0.1, 0.15) is 11.5 Å². The first-order chi connectivity index (χ1) is 12.6. The zero-order valence-corrected chi connectivity index (χ0v) is 17.1. The minimum atomic E-state index is 0.176. The molecule has 4 nitrogen and oxygen atoms in total. The molecule has 0 bridgehead atoms. The molecular weight excluding hydrogens is 326 g/mol. The standard InChI is InChI=1S/C22H37NO3/c1-5-6-7-13-23-14-11-19(22(17-23)24-4)12-15-25-20-9-8-10-21(16-20)26-18(2)3/h8-10,16,18-19,22H,5-7,11-15,17H2,1-4H3/t19-,22-/m1/s1. The molecule has 1 aromatic rings. The van der Waals surface area contributed by atoms with Gasteiger partial charge in [-0.05, 0) is 64.3 Å². The summed E-state index contributed by atoms with van der Waals surface area (Å²) in [5.41, 5.74) is 0. The summed E-state index contributed by atoms with van der Waals surface area (Å²) in [4.78, 5) is 2.56. The summed E-state index contributed by atoms with van der Waals surface area (Å²) >= 11 is 0. The Morgan fingerprint density at radius 2 is 2.00 bits per heavy atom. The van der Waals surface area contributed by atoms with E-state index in [9.17, 15) is 0 Å². The Labute approximate surface area is 159 Å². The van der Waals surface area contributed by atoms with Crippen LogP contribution in [-0.4, -0.2) is 50.5 Å². The fraction of sp³-hybridized carbons (Fsp3) is 0.727. The zero-order valence-electron chi connectivity index (χ0n) is 17.1. The first kappa shape index (κ1) is 21.0. The summed E-state index contributed by atoms with van der Waals surface area (Å²) in [5.74, 6) is 2.33. The number of benzene rings is 1. The Morgan fingerprint density at radius 1 is 1.19 bits per heavy atom. The maximum absolute atomic E-state index is 5.98. The Bertz CT molecular complexity index is 506. The molecular formula is C22H37NO3. The molecule has 0 radical (unpaired) electrons. The van der Waals surface area contributed by atoms with Crippen LogP contribution in [0.25, 0.3) is 0 Å². The number of rotatable bonds is 11. The lowest BCUT2D eigenvalue weighted by Gasteiger charge is -2.37. The molecule has 2 atom stereocenters. The summed E-state index contributed by atoms with van der Waals surface area (Å²) in [5, 5.41) is 0. The molecule has 4 heteroatoms. The molecule has 1 heterocycles. The highest BCUT2D eigenvalue weighted by molar-refractivity contribution is 5.33. The maximum Gasteiger partial charge on any atom is 0.123 e.